The van der Waals surface area contributed by atoms with Crippen molar-refractivity contribution in [2.45, 2.75) is 45.9 Å². The molecule has 0 aliphatic heterocycles. The monoisotopic (exact) mass is 305 g/mol. The lowest BCUT2D eigenvalue weighted by molar-refractivity contribution is 0.0930. The number of halogens is 1. The molecule has 3 nitrogen and oxygen atoms in total. The Morgan fingerprint density at radius 1 is 1.14 bits per heavy atom. The van der Waals surface area contributed by atoms with Gasteiger partial charge in [-0.1, -0.05) is 25.5 Å². The topological polar surface area (TPSA) is 36.6 Å². The van der Waals surface area contributed by atoms with Crippen LogP contribution in [-0.2, 0) is 13.1 Å². The molecule has 4 heteroatoms. The molecular formula is C18H24FNO2. The molecule has 120 valence electrons. The highest BCUT2D eigenvalue weighted by molar-refractivity contribution is 5.16. The number of aliphatic hydroxyl groups excluding tert-OH is 1. The van der Waals surface area contributed by atoms with Crippen LogP contribution < -0.4 is 0 Å². The van der Waals surface area contributed by atoms with Crippen LogP contribution in [-0.4, -0.2) is 22.7 Å². The lowest BCUT2D eigenvalue weighted by Gasteiger charge is -2.24. The molecule has 1 N–H and O–H groups in total. The van der Waals surface area contributed by atoms with Crippen LogP contribution in [0.5, 0.6) is 0 Å². The van der Waals surface area contributed by atoms with E-state index >= 15 is 0 Å². The zero-order valence-corrected chi connectivity index (χ0v) is 13.3. The molecule has 0 aliphatic carbocycles. The third-order valence-electron chi connectivity index (χ3n) is 3.59. The molecular weight excluding hydrogens is 281 g/mol. The van der Waals surface area contributed by atoms with Crippen LogP contribution in [0.3, 0.4) is 0 Å². The first-order valence-electron chi connectivity index (χ1n) is 7.77. The van der Waals surface area contributed by atoms with E-state index in [9.17, 15) is 9.50 Å². The Kier molecular flexibility index (Phi) is 6.16. The fourth-order valence-corrected chi connectivity index (χ4v) is 2.55. The van der Waals surface area contributed by atoms with Crippen molar-refractivity contribution in [3.8, 4) is 0 Å². The third kappa shape index (κ3) is 5.28. The van der Waals surface area contributed by atoms with Crippen LogP contribution in [0.15, 0.2) is 40.8 Å². The van der Waals surface area contributed by atoms with Crippen LogP contribution in [0.25, 0.3) is 0 Å². The van der Waals surface area contributed by atoms with Crippen molar-refractivity contribution in [2.24, 2.45) is 0 Å². The van der Waals surface area contributed by atoms with E-state index in [4.69, 9.17) is 4.42 Å². The quantitative estimate of drug-likeness (QED) is 0.804. The van der Waals surface area contributed by atoms with E-state index in [0.717, 1.165) is 29.9 Å². The van der Waals surface area contributed by atoms with Gasteiger partial charge in [0.25, 0.3) is 0 Å². The van der Waals surface area contributed by atoms with E-state index in [1.807, 2.05) is 19.1 Å². The summed E-state index contributed by atoms with van der Waals surface area (Å²) in [4.78, 5) is 2.13. The highest BCUT2D eigenvalue weighted by Gasteiger charge is 2.14. The van der Waals surface area contributed by atoms with Crippen molar-refractivity contribution < 1.29 is 13.9 Å². The number of aliphatic hydroxyl groups is 1. The van der Waals surface area contributed by atoms with Gasteiger partial charge in [0.2, 0.25) is 0 Å². The first-order valence-corrected chi connectivity index (χ1v) is 7.77. The van der Waals surface area contributed by atoms with Crippen molar-refractivity contribution in [1.82, 2.24) is 4.90 Å². The average Bonchev–Trinajstić information content (AvgIpc) is 2.87. The lowest BCUT2D eigenvalue weighted by Crippen LogP contribution is -2.31. The van der Waals surface area contributed by atoms with Gasteiger partial charge in [0.05, 0.1) is 12.6 Å². The molecule has 0 radical (unpaired) electrons. The standard InChI is InChI=1S/C18H24FNO2/c1-3-4-17(21)12-20(13-18-10-5-14(2)22-18)11-15-6-8-16(19)9-7-15/h5-10,17,21H,3-4,11-13H2,1-2H3. The molecule has 0 aliphatic rings. The average molecular weight is 305 g/mol. The van der Waals surface area contributed by atoms with Crippen LogP contribution >= 0.6 is 0 Å². The Bertz CT molecular complexity index is 565. The van der Waals surface area contributed by atoms with Gasteiger partial charge in [-0.3, -0.25) is 4.90 Å². The number of furan rings is 1. The van der Waals surface area contributed by atoms with Crippen LogP contribution in [0.2, 0.25) is 0 Å². The summed E-state index contributed by atoms with van der Waals surface area (Å²) in [6.07, 6.45) is 1.37. The SMILES string of the molecule is CCCC(O)CN(Cc1ccc(F)cc1)Cc1ccc(C)o1. The minimum absolute atomic E-state index is 0.233. The van der Waals surface area contributed by atoms with Crippen LogP contribution in [0.1, 0.15) is 36.8 Å². The van der Waals surface area contributed by atoms with Gasteiger partial charge >= 0.3 is 0 Å². The molecule has 22 heavy (non-hydrogen) atoms. The maximum atomic E-state index is 13.0. The molecule has 2 rings (SSSR count). The van der Waals surface area contributed by atoms with Gasteiger partial charge in [-0.2, -0.15) is 0 Å². The third-order valence-corrected chi connectivity index (χ3v) is 3.59. The van der Waals surface area contributed by atoms with E-state index in [1.165, 1.54) is 12.1 Å². The molecule has 1 heterocycles. The number of aryl methyl sites for hydroxylation is 1. The van der Waals surface area contributed by atoms with Crippen LogP contribution in [0.4, 0.5) is 4.39 Å². The first kappa shape index (κ1) is 16.7. The molecule has 1 aromatic carbocycles. The van der Waals surface area contributed by atoms with Gasteiger partial charge in [0.1, 0.15) is 17.3 Å². The second kappa shape index (κ2) is 8.11. The molecule has 0 spiro atoms. The van der Waals surface area contributed by atoms with Gasteiger partial charge in [-0.15, -0.1) is 0 Å². The summed E-state index contributed by atoms with van der Waals surface area (Å²) in [6.45, 7) is 5.83. The summed E-state index contributed by atoms with van der Waals surface area (Å²) < 4.78 is 18.6. The normalized spacial score (nSPS) is 12.8. The number of hydrogen-bond donors (Lipinski definition) is 1. The summed E-state index contributed by atoms with van der Waals surface area (Å²) in [5, 5.41) is 10.1. The fourth-order valence-electron chi connectivity index (χ4n) is 2.55. The Morgan fingerprint density at radius 2 is 1.86 bits per heavy atom. The van der Waals surface area contributed by atoms with Gasteiger partial charge in [0.15, 0.2) is 0 Å². The fraction of sp³-hybridized carbons (Fsp3) is 0.444. The summed E-state index contributed by atoms with van der Waals surface area (Å²) >= 11 is 0. The molecule has 0 amide bonds. The second-order valence-electron chi connectivity index (χ2n) is 5.75. The Labute approximate surface area is 131 Å². The lowest BCUT2D eigenvalue weighted by atomic mass is 10.1. The number of rotatable bonds is 8. The highest BCUT2D eigenvalue weighted by Crippen LogP contribution is 2.14. The summed E-state index contributed by atoms with van der Waals surface area (Å²) in [5.74, 6) is 1.53. The summed E-state index contributed by atoms with van der Waals surface area (Å²) in [7, 11) is 0. The molecule has 0 saturated carbocycles. The summed E-state index contributed by atoms with van der Waals surface area (Å²) in [6, 6.07) is 10.4. The Balaban J connectivity index is 2.04. The number of benzene rings is 1. The Morgan fingerprint density at radius 3 is 2.45 bits per heavy atom. The first-order chi connectivity index (χ1) is 10.6. The van der Waals surface area contributed by atoms with Crippen molar-refractivity contribution >= 4 is 0 Å². The molecule has 0 bridgehead atoms. The number of nitrogens with zero attached hydrogens (tertiary/aromatic N) is 1. The van der Waals surface area contributed by atoms with Gasteiger partial charge in [0, 0.05) is 13.1 Å². The summed E-state index contributed by atoms with van der Waals surface area (Å²) in [5.41, 5.74) is 1.02. The van der Waals surface area contributed by atoms with E-state index < -0.39 is 0 Å². The zero-order chi connectivity index (χ0) is 15.9. The van der Waals surface area contributed by atoms with E-state index in [2.05, 4.69) is 11.8 Å². The van der Waals surface area contributed by atoms with Crippen molar-refractivity contribution in [2.75, 3.05) is 6.54 Å². The maximum Gasteiger partial charge on any atom is 0.123 e. The minimum atomic E-state index is -0.360. The molecule has 0 fully saturated rings. The van der Waals surface area contributed by atoms with Crippen molar-refractivity contribution in [3.05, 3.63) is 59.3 Å². The van der Waals surface area contributed by atoms with Gasteiger partial charge in [-0.25, -0.2) is 4.39 Å². The van der Waals surface area contributed by atoms with Crippen LogP contribution in [0, 0.1) is 12.7 Å². The second-order valence-corrected chi connectivity index (χ2v) is 5.75. The highest BCUT2D eigenvalue weighted by atomic mass is 19.1. The predicted molar refractivity (Wildman–Crippen MR) is 84.9 cm³/mol. The Hall–Kier alpha value is -1.65. The molecule has 1 aromatic heterocycles. The molecule has 1 unspecified atom stereocenters. The zero-order valence-electron chi connectivity index (χ0n) is 13.3. The molecule has 2 aromatic rings. The van der Waals surface area contributed by atoms with E-state index in [0.29, 0.717) is 19.6 Å². The molecule has 1 atom stereocenters. The van der Waals surface area contributed by atoms with Crippen molar-refractivity contribution in [3.63, 3.8) is 0 Å². The van der Waals surface area contributed by atoms with Gasteiger partial charge in [-0.05, 0) is 43.2 Å². The van der Waals surface area contributed by atoms with E-state index in [-0.39, 0.29) is 11.9 Å². The smallest absolute Gasteiger partial charge is 0.123 e. The van der Waals surface area contributed by atoms with Crippen molar-refractivity contribution in [1.29, 1.82) is 0 Å². The minimum Gasteiger partial charge on any atom is -0.465 e. The van der Waals surface area contributed by atoms with Gasteiger partial charge < -0.3 is 9.52 Å². The number of hydrogen-bond acceptors (Lipinski definition) is 3. The van der Waals surface area contributed by atoms with E-state index in [1.54, 1.807) is 12.1 Å². The largest absolute Gasteiger partial charge is 0.465 e. The predicted octanol–water partition coefficient (Wildman–Crippen LogP) is 3.89. The maximum absolute atomic E-state index is 13.0. The molecule has 0 saturated heterocycles.